The van der Waals surface area contributed by atoms with Crippen molar-refractivity contribution in [3.8, 4) is 0 Å². The van der Waals surface area contributed by atoms with E-state index in [4.69, 9.17) is 4.74 Å². The smallest absolute Gasteiger partial charge is 0.0658 e. The van der Waals surface area contributed by atoms with Crippen molar-refractivity contribution in [3.63, 3.8) is 0 Å². The van der Waals surface area contributed by atoms with Crippen LogP contribution in [-0.2, 0) is 4.74 Å². The monoisotopic (exact) mass is 227 g/mol. The van der Waals surface area contributed by atoms with Crippen LogP contribution in [0.25, 0.3) is 0 Å². The maximum atomic E-state index is 6.02. The van der Waals surface area contributed by atoms with E-state index in [0.717, 1.165) is 13.2 Å². The van der Waals surface area contributed by atoms with Gasteiger partial charge in [-0.2, -0.15) is 0 Å². The maximum absolute atomic E-state index is 6.02. The van der Waals surface area contributed by atoms with Crippen molar-refractivity contribution >= 4 is 0 Å². The van der Waals surface area contributed by atoms with Crippen LogP contribution < -0.4 is 5.32 Å². The maximum Gasteiger partial charge on any atom is 0.0658 e. The second kappa shape index (κ2) is 6.61. The first-order valence-corrected chi connectivity index (χ1v) is 7.04. The molecule has 0 amide bonds. The number of hydrogen-bond acceptors (Lipinski definition) is 2. The van der Waals surface area contributed by atoms with E-state index in [1.54, 1.807) is 0 Å². The Kier molecular flexibility index (Phi) is 5.77. The molecule has 1 saturated carbocycles. The minimum atomic E-state index is 0.363. The zero-order chi connectivity index (χ0) is 12.0. The first-order chi connectivity index (χ1) is 7.69. The summed E-state index contributed by atoms with van der Waals surface area (Å²) < 4.78 is 6.02. The van der Waals surface area contributed by atoms with Gasteiger partial charge in [0, 0.05) is 18.1 Å². The van der Waals surface area contributed by atoms with Crippen LogP contribution in [0.1, 0.15) is 59.8 Å². The molecule has 1 rings (SSSR count). The van der Waals surface area contributed by atoms with Crippen molar-refractivity contribution in [2.24, 2.45) is 5.41 Å². The molecule has 0 saturated heterocycles. The third kappa shape index (κ3) is 2.98. The van der Waals surface area contributed by atoms with Crippen molar-refractivity contribution in [1.82, 2.24) is 5.32 Å². The molecule has 3 atom stereocenters. The fourth-order valence-corrected chi connectivity index (χ4v) is 2.69. The van der Waals surface area contributed by atoms with E-state index < -0.39 is 0 Å². The molecule has 2 heteroatoms. The quantitative estimate of drug-likeness (QED) is 0.642. The summed E-state index contributed by atoms with van der Waals surface area (Å²) in [5.74, 6) is 0. The summed E-state index contributed by atoms with van der Waals surface area (Å²) in [6.07, 6.45) is 6.69. The van der Waals surface area contributed by atoms with Crippen molar-refractivity contribution in [2.45, 2.75) is 71.9 Å². The topological polar surface area (TPSA) is 21.3 Å². The summed E-state index contributed by atoms with van der Waals surface area (Å²) in [7, 11) is 0. The lowest BCUT2D eigenvalue weighted by Gasteiger charge is -2.53. The fourth-order valence-electron chi connectivity index (χ4n) is 2.69. The average molecular weight is 227 g/mol. The van der Waals surface area contributed by atoms with Gasteiger partial charge < -0.3 is 10.1 Å². The van der Waals surface area contributed by atoms with Gasteiger partial charge >= 0.3 is 0 Å². The normalized spacial score (nSPS) is 33.8. The highest BCUT2D eigenvalue weighted by Crippen LogP contribution is 2.45. The molecule has 0 heterocycles. The Hall–Kier alpha value is -0.0800. The van der Waals surface area contributed by atoms with Crippen molar-refractivity contribution in [1.29, 1.82) is 0 Å². The molecule has 0 radical (unpaired) electrons. The Bertz CT molecular complexity index is 195. The molecule has 0 aromatic rings. The summed E-state index contributed by atoms with van der Waals surface area (Å²) in [6.45, 7) is 11.1. The molecule has 3 unspecified atom stereocenters. The number of hydrogen-bond donors (Lipinski definition) is 1. The van der Waals surface area contributed by atoms with Gasteiger partial charge in [-0.25, -0.2) is 0 Å². The molecule has 16 heavy (non-hydrogen) atoms. The van der Waals surface area contributed by atoms with Crippen LogP contribution in [0, 0.1) is 5.41 Å². The fraction of sp³-hybridized carbons (Fsp3) is 1.00. The summed E-state index contributed by atoms with van der Waals surface area (Å²) >= 11 is 0. The number of nitrogens with one attached hydrogen (secondary N) is 1. The van der Waals surface area contributed by atoms with Crippen LogP contribution >= 0.6 is 0 Å². The highest BCUT2D eigenvalue weighted by Gasteiger charge is 2.50. The molecular weight excluding hydrogens is 198 g/mol. The number of unbranched alkanes of at least 4 members (excludes halogenated alkanes) is 2. The SMILES string of the molecule is CCCCCOC1CC(NCC)C1(C)CC. The molecule has 1 fully saturated rings. The minimum Gasteiger partial charge on any atom is -0.378 e. The Morgan fingerprint density at radius 2 is 2.00 bits per heavy atom. The van der Waals surface area contributed by atoms with E-state index in [2.05, 4.69) is 33.0 Å². The van der Waals surface area contributed by atoms with Gasteiger partial charge in [0.05, 0.1) is 6.10 Å². The highest BCUT2D eigenvalue weighted by molar-refractivity contribution is 5.04. The Labute approximate surface area is 101 Å². The van der Waals surface area contributed by atoms with E-state index in [1.165, 1.54) is 32.1 Å². The predicted molar refractivity (Wildman–Crippen MR) is 69.7 cm³/mol. The molecule has 1 aliphatic rings. The van der Waals surface area contributed by atoms with Crippen molar-refractivity contribution < 1.29 is 4.74 Å². The molecule has 0 aromatic carbocycles. The lowest BCUT2D eigenvalue weighted by atomic mass is 9.61. The van der Waals surface area contributed by atoms with Crippen LogP contribution in [0.15, 0.2) is 0 Å². The van der Waals surface area contributed by atoms with Gasteiger partial charge in [0.2, 0.25) is 0 Å². The van der Waals surface area contributed by atoms with E-state index in [9.17, 15) is 0 Å². The predicted octanol–water partition coefficient (Wildman–Crippen LogP) is 3.36. The minimum absolute atomic E-state index is 0.363. The molecule has 0 spiro atoms. The standard InChI is InChI=1S/C14H29NO/c1-5-8-9-10-16-13-11-12(15-7-3)14(13,4)6-2/h12-13,15H,5-11H2,1-4H3. The largest absolute Gasteiger partial charge is 0.378 e. The Morgan fingerprint density at radius 3 is 2.56 bits per heavy atom. The summed E-state index contributed by atoms with van der Waals surface area (Å²) in [6, 6.07) is 0.665. The van der Waals surface area contributed by atoms with Crippen LogP contribution in [0.5, 0.6) is 0 Å². The molecule has 0 aliphatic heterocycles. The number of ether oxygens (including phenoxy) is 1. The van der Waals surface area contributed by atoms with Gasteiger partial charge in [-0.15, -0.1) is 0 Å². The molecule has 0 bridgehead atoms. The summed E-state index contributed by atoms with van der Waals surface area (Å²) in [4.78, 5) is 0. The van der Waals surface area contributed by atoms with Crippen molar-refractivity contribution in [3.05, 3.63) is 0 Å². The summed E-state index contributed by atoms with van der Waals surface area (Å²) in [5, 5.41) is 3.58. The lowest BCUT2D eigenvalue weighted by Crippen LogP contribution is -2.62. The molecule has 0 aromatic heterocycles. The van der Waals surface area contributed by atoms with Gasteiger partial charge in [0.1, 0.15) is 0 Å². The third-order valence-corrected chi connectivity index (χ3v) is 4.26. The van der Waals surface area contributed by atoms with Gasteiger partial charge in [0.25, 0.3) is 0 Å². The van der Waals surface area contributed by atoms with E-state index in [1.807, 2.05) is 0 Å². The average Bonchev–Trinajstić information content (AvgIpc) is 2.30. The Balaban J connectivity index is 2.28. The second-order valence-corrected chi connectivity index (χ2v) is 5.27. The highest BCUT2D eigenvalue weighted by atomic mass is 16.5. The molecule has 1 aliphatic carbocycles. The van der Waals surface area contributed by atoms with Crippen molar-refractivity contribution in [2.75, 3.05) is 13.2 Å². The van der Waals surface area contributed by atoms with E-state index in [-0.39, 0.29) is 0 Å². The molecular formula is C14H29NO. The van der Waals surface area contributed by atoms with Crippen LogP contribution in [0.3, 0.4) is 0 Å². The Morgan fingerprint density at radius 1 is 1.25 bits per heavy atom. The molecule has 1 N–H and O–H groups in total. The third-order valence-electron chi connectivity index (χ3n) is 4.26. The van der Waals surface area contributed by atoms with Crippen LogP contribution in [0.4, 0.5) is 0 Å². The van der Waals surface area contributed by atoms with Crippen LogP contribution in [-0.4, -0.2) is 25.3 Å². The first kappa shape index (κ1) is 14.0. The van der Waals surface area contributed by atoms with Gasteiger partial charge in [-0.1, -0.05) is 40.5 Å². The van der Waals surface area contributed by atoms with Gasteiger partial charge in [0.15, 0.2) is 0 Å². The second-order valence-electron chi connectivity index (χ2n) is 5.27. The van der Waals surface area contributed by atoms with Gasteiger partial charge in [-0.05, 0) is 25.8 Å². The van der Waals surface area contributed by atoms with E-state index in [0.29, 0.717) is 17.6 Å². The zero-order valence-corrected chi connectivity index (χ0v) is 11.5. The first-order valence-electron chi connectivity index (χ1n) is 7.04. The number of rotatable bonds is 8. The molecule has 2 nitrogen and oxygen atoms in total. The zero-order valence-electron chi connectivity index (χ0n) is 11.5. The van der Waals surface area contributed by atoms with Crippen LogP contribution in [0.2, 0.25) is 0 Å². The lowest BCUT2D eigenvalue weighted by molar-refractivity contribution is -0.129. The van der Waals surface area contributed by atoms with E-state index >= 15 is 0 Å². The summed E-state index contributed by atoms with van der Waals surface area (Å²) in [5.41, 5.74) is 0.363. The molecule has 96 valence electrons. The van der Waals surface area contributed by atoms with Gasteiger partial charge in [-0.3, -0.25) is 0 Å².